The predicted octanol–water partition coefficient (Wildman–Crippen LogP) is 4.41. The highest BCUT2D eigenvalue weighted by molar-refractivity contribution is 7.95. The topological polar surface area (TPSA) is 57.9 Å². The van der Waals surface area contributed by atoms with Crippen LogP contribution in [0.1, 0.15) is 30.0 Å². The van der Waals surface area contributed by atoms with Crippen LogP contribution in [0, 0.1) is 11.3 Å². The number of alkyl halides is 6. The maximum absolute atomic E-state index is 12.7. The summed E-state index contributed by atoms with van der Waals surface area (Å²) in [5, 5.41) is 8.87. The Morgan fingerprint density at radius 1 is 1.08 bits per heavy atom. The van der Waals surface area contributed by atoms with E-state index < -0.39 is 49.5 Å². The second-order valence-corrected chi connectivity index (χ2v) is 6.86. The average Bonchev–Trinajstić information content (AvgIpc) is 2.42. The van der Waals surface area contributed by atoms with Gasteiger partial charge < -0.3 is 0 Å². The summed E-state index contributed by atoms with van der Waals surface area (Å²) in [5.41, 5.74) is -3.85. The Morgan fingerprint density at radius 2 is 1.54 bits per heavy atom. The molecule has 0 spiro atoms. The van der Waals surface area contributed by atoms with Crippen LogP contribution >= 0.6 is 0 Å². The first-order valence-corrected chi connectivity index (χ1v) is 8.10. The minimum Gasteiger partial charge on any atom is -0.223 e. The Labute approximate surface area is 134 Å². The van der Waals surface area contributed by atoms with E-state index in [4.69, 9.17) is 5.26 Å². The van der Waals surface area contributed by atoms with E-state index in [1.807, 2.05) is 0 Å². The summed E-state index contributed by atoms with van der Waals surface area (Å²) in [7, 11) is -4.08. The molecule has 1 aromatic rings. The molecule has 0 atom stereocenters. The maximum atomic E-state index is 12.7. The fourth-order valence-corrected chi connectivity index (χ4v) is 3.00. The van der Waals surface area contributed by atoms with Gasteiger partial charge in [-0.05, 0) is 36.3 Å². The molecule has 0 saturated heterocycles. The van der Waals surface area contributed by atoms with Crippen LogP contribution in [0.3, 0.4) is 0 Å². The third kappa shape index (κ3) is 4.99. The third-order valence-electron chi connectivity index (χ3n) is 2.83. The fourth-order valence-electron chi connectivity index (χ4n) is 1.78. The van der Waals surface area contributed by atoms with Crippen molar-refractivity contribution in [1.82, 2.24) is 0 Å². The number of hydrogen-bond acceptors (Lipinski definition) is 3. The first kappa shape index (κ1) is 20.0. The van der Waals surface area contributed by atoms with E-state index in [-0.39, 0.29) is 12.5 Å². The number of rotatable bonds is 4. The highest BCUT2D eigenvalue weighted by Gasteiger charge is 2.36. The van der Waals surface area contributed by atoms with Crippen LogP contribution in [0.15, 0.2) is 23.1 Å². The fraction of sp³-hybridized carbons (Fsp3) is 0.357. The number of nitriles is 1. The summed E-state index contributed by atoms with van der Waals surface area (Å²) < 4.78 is 100. The van der Waals surface area contributed by atoms with Crippen LogP contribution in [0.25, 0.3) is 6.08 Å². The number of benzene rings is 1. The maximum Gasteiger partial charge on any atom is 0.416 e. The van der Waals surface area contributed by atoms with E-state index in [1.165, 1.54) is 13.0 Å². The molecule has 0 unspecified atom stereocenters. The summed E-state index contributed by atoms with van der Waals surface area (Å²) in [4.78, 5) is -0.892. The van der Waals surface area contributed by atoms with Crippen LogP contribution < -0.4 is 0 Å². The van der Waals surface area contributed by atoms with Gasteiger partial charge in [-0.2, -0.15) is 31.6 Å². The van der Waals surface area contributed by atoms with Crippen molar-refractivity contribution in [2.75, 3.05) is 5.75 Å². The number of allylic oxidation sites excluding steroid dienone is 1. The molecule has 0 heterocycles. The van der Waals surface area contributed by atoms with Crippen molar-refractivity contribution in [3.05, 3.63) is 39.8 Å². The molecule has 0 radical (unpaired) electrons. The Kier molecular flexibility index (Phi) is 5.71. The molecule has 0 aliphatic carbocycles. The quantitative estimate of drug-likeness (QED) is 0.582. The van der Waals surface area contributed by atoms with E-state index >= 15 is 0 Å². The summed E-state index contributed by atoms with van der Waals surface area (Å²) in [6, 6.07) is 1.93. The second-order valence-electron chi connectivity index (χ2n) is 4.78. The second kappa shape index (κ2) is 6.84. The van der Waals surface area contributed by atoms with Crippen molar-refractivity contribution >= 4 is 15.9 Å². The van der Waals surface area contributed by atoms with Gasteiger partial charge in [0.2, 0.25) is 0 Å². The lowest BCUT2D eigenvalue weighted by Gasteiger charge is -2.13. The number of nitrogens with zero attached hydrogens (tertiary/aromatic N) is 1. The molecule has 0 saturated carbocycles. The van der Waals surface area contributed by atoms with Gasteiger partial charge in [-0.1, -0.05) is 6.92 Å². The van der Waals surface area contributed by atoms with Crippen LogP contribution in [0.4, 0.5) is 26.3 Å². The van der Waals surface area contributed by atoms with Crippen molar-refractivity contribution < 1.29 is 34.8 Å². The molecule has 0 aliphatic heterocycles. The molecule has 0 N–H and O–H groups in total. The van der Waals surface area contributed by atoms with E-state index in [0.29, 0.717) is 18.2 Å². The van der Waals surface area contributed by atoms with Crippen molar-refractivity contribution in [2.45, 2.75) is 25.7 Å². The summed E-state index contributed by atoms with van der Waals surface area (Å²) in [5.74, 6) is -0.447. The van der Waals surface area contributed by atoms with E-state index in [1.54, 1.807) is 0 Å². The van der Waals surface area contributed by atoms with Crippen LogP contribution in [0.2, 0.25) is 0 Å². The number of hydrogen-bond donors (Lipinski definition) is 0. The van der Waals surface area contributed by atoms with Gasteiger partial charge in [-0.3, -0.25) is 0 Å². The minimum absolute atomic E-state index is 0.0794. The summed E-state index contributed by atoms with van der Waals surface area (Å²) in [6.45, 7) is 1.50. The highest BCUT2D eigenvalue weighted by atomic mass is 32.2. The van der Waals surface area contributed by atoms with Gasteiger partial charge in [0.25, 0.3) is 0 Å². The van der Waals surface area contributed by atoms with Gasteiger partial charge >= 0.3 is 12.4 Å². The van der Waals surface area contributed by atoms with Crippen molar-refractivity contribution in [1.29, 1.82) is 5.26 Å². The summed E-state index contributed by atoms with van der Waals surface area (Å²) >= 11 is 0. The molecule has 0 aliphatic rings. The molecule has 0 amide bonds. The van der Waals surface area contributed by atoms with Gasteiger partial charge in [-0.15, -0.1) is 0 Å². The molecule has 132 valence electrons. The highest BCUT2D eigenvalue weighted by Crippen LogP contribution is 2.36. The molecular formula is C14H11F6NO2S. The number of sulfone groups is 1. The largest absolute Gasteiger partial charge is 0.416 e. The van der Waals surface area contributed by atoms with Crippen molar-refractivity contribution in [3.63, 3.8) is 0 Å². The zero-order chi connectivity index (χ0) is 18.8. The molecule has 0 fully saturated rings. The lowest BCUT2D eigenvalue weighted by atomic mass is 10.0. The van der Waals surface area contributed by atoms with Crippen molar-refractivity contribution in [2.24, 2.45) is 0 Å². The summed E-state index contributed by atoms with van der Waals surface area (Å²) in [6.07, 6.45) is -9.47. The van der Waals surface area contributed by atoms with E-state index in [2.05, 4.69) is 0 Å². The number of halogens is 6. The minimum atomic E-state index is -5.06. The molecule has 24 heavy (non-hydrogen) atoms. The monoisotopic (exact) mass is 371 g/mol. The van der Waals surface area contributed by atoms with Gasteiger partial charge in [-0.25, -0.2) is 8.42 Å². The van der Waals surface area contributed by atoms with Gasteiger partial charge in [0, 0.05) is 0 Å². The molecular weight excluding hydrogens is 360 g/mol. The zero-order valence-corrected chi connectivity index (χ0v) is 13.0. The Balaban J connectivity index is 3.59. The standard InChI is InChI=1S/C14H11F6NO2S/c1-2-3-24(22,23)12(8-21)6-9-4-10(13(15,16)17)7-11(5-9)14(18,19)20/h4-7H,2-3H2,1H3. The van der Waals surface area contributed by atoms with Crippen LogP contribution in [-0.4, -0.2) is 14.2 Å². The Morgan fingerprint density at radius 3 is 1.88 bits per heavy atom. The van der Waals surface area contributed by atoms with Crippen molar-refractivity contribution in [3.8, 4) is 6.07 Å². The van der Waals surface area contributed by atoms with Gasteiger partial charge in [0.05, 0.1) is 16.9 Å². The molecule has 1 aromatic carbocycles. The van der Waals surface area contributed by atoms with Crippen LogP contribution in [0.5, 0.6) is 0 Å². The molecule has 10 heteroatoms. The zero-order valence-electron chi connectivity index (χ0n) is 12.2. The Hall–Kier alpha value is -2.02. The lowest BCUT2D eigenvalue weighted by molar-refractivity contribution is -0.143. The predicted molar refractivity (Wildman–Crippen MR) is 74.1 cm³/mol. The SMILES string of the molecule is CCCS(=O)(=O)C(C#N)=Cc1cc(C(F)(F)F)cc(C(F)(F)F)c1. The third-order valence-corrected chi connectivity index (χ3v) is 4.65. The van der Waals surface area contributed by atoms with E-state index in [0.717, 1.165) is 0 Å². The first-order valence-electron chi connectivity index (χ1n) is 6.45. The van der Waals surface area contributed by atoms with Crippen LogP contribution in [-0.2, 0) is 22.2 Å². The molecule has 0 aromatic heterocycles. The smallest absolute Gasteiger partial charge is 0.223 e. The molecule has 3 nitrogen and oxygen atoms in total. The average molecular weight is 371 g/mol. The van der Waals surface area contributed by atoms with E-state index in [9.17, 15) is 34.8 Å². The normalized spacial score (nSPS) is 13.7. The lowest BCUT2D eigenvalue weighted by Crippen LogP contribution is -2.11. The first-order chi connectivity index (χ1) is 10.8. The molecule has 0 bridgehead atoms. The molecule has 1 rings (SSSR count). The van der Waals surface area contributed by atoms with Gasteiger partial charge in [0.15, 0.2) is 9.84 Å². The Bertz CT molecular complexity index is 753. The van der Waals surface area contributed by atoms with Gasteiger partial charge in [0.1, 0.15) is 11.0 Å².